The molecule has 1 heterocycles. The van der Waals surface area contributed by atoms with E-state index in [9.17, 15) is 9.59 Å². The van der Waals surface area contributed by atoms with Gasteiger partial charge < -0.3 is 5.32 Å². The van der Waals surface area contributed by atoms with Crippen molar-refractivity contribution in [1.29, 1.82) is 0 Å². The van der Waals surface area contributed by atoms with Crippen molar-refractivity contribution in [2.24, 2.45) is 0 Å². The highest BCUT2D eigenvalue weighted by Gasteiger charge is 2.46. The number of benzene rings is 1. The van der Waals surface area contributed by atoms with Crippen LogP contribution in [0, 0.1) is 0 Å². The Morgan fingerprint density at radius 1 is 0.690 bits per heavy atom. The van der Waals surface area contributed by atoms with Gasteiger partial charge in [0.1, 0.15) is 5.54 Å². The van der Waals surface area contributed by atoms with E-state index < -0.39 is 5.54 Å². The van der Waals surface area contributed by atoms with Crippen molar-refractivity contribution in [3.63, 3.8) is 0 Å². The molecule has 29 heavy (non-hydrogen) atoms. The minimum atomic E-state index is -0.893. The smallest absolute Gasteiger partial charge is 0.319 e. The second-order valence-electron chi connectivity index (χ2n) is 8.53. The van der Waals surface area contributed by atoms with E-state index in [0.717, 1.165) is 18.4 Å². The number of hydrogen-bond donors (Lipinski definition) is 2. The fourth-order valence-corrected chi connectivity index (χ4v) is 4.32. The molecular weight excluding hydrogens is 360 g/mol. The van der Waals surface area contributed by atoms with Crippen LogP contribution in [-0.4, -0.2) is 11.9 Å². The summed E-state index contributed by atoms with van der Waals surface area (Å²) in [5, 5.41) is 5.30. The van der Waals surface area contributed by atoms with Gasteiger partial charge in [-0.2, -0.15) is 0 Å². The quantitative estimate of drug-likeness (QED) is 0.243. The molecule has 1 aromatic rings. The van der Waals surface area contributed by atoms with Crippen LogP contribution in [-0.2, 0) is 10.3 Å². The largest absolute Gasteiger partial charge is 0.322 e. The summed E-state index contributed by atoms with van der Waals surface area (Å²) in [7, 11) is 0. The molecule has 1 atom stereocenters. The molecule has 2 N–H and O–H groups in total. The highest BCUT2D eigenvalue weighted by molar-refractivity contribution is 6.07. The zero-order valence-electron chi connectivity index (χ0n) is 18.3. The molecule has 0 bridgehead atoms. The van der Waals surface area contributed by atoms with E-state index in [1.54, 1.807) is 0 Å². The molecule has 1 saturated heterocycles. The minimum Gasteiger partial charge on any atom is -0.319 e. The molecule has 0 spiro atoms. The Balaban J connectivity index is 1.55. The number of rotatable bonds is 16. The third-order valence-electron chi connectivity index (χ3n) is 6.11. The van der Waals surface area contributed by atoms with E-state index in [1.165, 1.54) is 77.0 Å². The lowest BCUT2D eigenvalue weighted by molar-refractivity contribution is -0.124. The summed E-state index contributed by atoms with van der Waals surface area (Å²) in [6.45, 7) is 2.27. The normalized spacial score (nSPS) is 18.7. The zero-order chi connectivity index (χ0) is 20.8. The summed E-state index contributed by atoms with van der Waals surface area (Å²) in [6.07, 6.45) is 19.0. The summed E-state index contributed by atoms with van der Waals surface area (Å²) >= 11 is 0. The van der Waals surface area contributed by atoms with Crippen molar-refractivity contribution in [3.05, 3.63) is 35.9 Å². The molecule has 1 aromatic carbocycles. The molecule has 0 radical (unpaired) electrons. The minimum absolute atomic E-state index is 0.219. The number of nitrogens with one attached hydrogen (secondary N) is 2. The number of amides is 3. The molecule has 0 unspecified atom stereocenters. The molecule has 4 nitrogen and oxygen atoms in total. The van der Waals surface area contributed by atoms with Crippen molar-refractivity contribution in [2.75, 3.05) is 0 Å². The van der Waals surface area contributed by atoms with Gasteiger partial charge in [0.05, 0.1) is 0 Å². The van der Waals surface area contributed by atoms with Crippen LogP contribution >= 0.6 is 0 Å². The molecule has 0 aliphatic carbocycles. The SMILES string of the molecule is CCCCCCCCCCCCCCCC[C@@]1(c2ccccc2)NC(=O)NC1=O. The van der Waals surface area contributed by atoms with Crippen molar-refractivity contribution in [1.82, 2.24) is 10.6 Å². The predicted molar refractivity (Wildman–Crippen MR) is 120 cm³/mol. The highest BCUT2D eigenvalue weighted by Crippen LogP contribution is 2.31. The molecule has 2 rings (SSSR count). The molecule has 1 aliphatic rings. The average molecular weight is 401 g/mol. The lowest BCUT2D eigenvalue weighted by Gasteiger charge is -2.26. The number of unbranched alkanes of at least 4 members (excludes halogenated alkanes) is 13. The van der Waals surface area contributed by atoms with Crippen molar-refractivity contribution in [2.45, 2.75) is 109 Å². The van der Waals surface area contributed by atoms with Gasteiger partial charge in [0.2, 0.25) is 0 Å². The van der Waals surface area contributed by atoms with Gasteiger partial charge >= 0.3 is 6.03 Å². The fourth-order valence-electron chi connectivity index (χ4n) is 4.32. The standard InChI is InChI=1S/C25H40N2O2/c1-2-3-4-5-6-7-8-9-10-11-12-13-14-18-21-25(22-19-16-15-17-20-22)23(28)26-24(29)27-25/h15-17,19-20H,2-14,18,21H2,1H3,(H2,26,27,28,29)/t25-/m0/s1. The van der Waals surface area contributed by atoms with Crippen LogP contribution in [0.5, 0.6) is 0 Å². The maximum absolute atomic E-state index is 12.5. The molecule has 1 fully saturated rings. The van der Waals surface area contributed by atoms with E-state index in [1.807, 2.05) is 30.3 Å². The Hall–Kier alpha value is -1.84. The maximum Gasteiger partial charge on any atom is 0.322 e. The lowest BCUT2D eigenvalue weighted by Crippen LogP contribution is -2.43. The van der Waals surface area contributed by atoms with Crippen molar-refractivity contribution < 1.29 is 9.59 Å². The number of imide groups is 1. The van der Waals surface area contributed by atoms with E-state index in [4.69, 9.17) is 0 Å². The third-order valence-corrected chi connectivity index (χ3v) is 6.11. The maximum atomic E-state index is 12.5. The molecule has 162 valence electrons. The second kappa shape index (κ2) is 13.4. The Kier molecular flexibility index (Phi) is 10.8. The van der Waals surface area contributed by atoms with Crippen molar-refractivity contribution >= 4 is 11.9 Å². The summed E-state index contributed by atoms with van der Waals surface area (Å²) in [4.78, 5) is 24.2. The monoisotopic (exact) mass is 400 g/mol. The third kappa shape index (κ3) is 7.83. The van der Waals surface area contributed by atoms with Gasteiger partial charge in [-0.05, 0) is 12.0 Å². The Morgan fingerprint density at radius 2 is 1.17 bits per heavy atom. The van der Waals surface area contributed by atoms with E-state index in [-0.39, 0.29) is 11.9 Å². The topological polar surface area (TPSA) is 58.2 Å². The predicted octanol–water partition coefficient (Wildman–Crippen LogP) is 6.59. The van der Waals surface area contributed by atoms with Gasteiger partial charge in [-0.3, -0.25) is 10.1 Å². The molecule has 4 heteroatoms. The first-order chi connectivity index (χ1) is 14.2. The number of carbonyl (C=O) groups excluding carboxylic acids is 2. The average Bonchev–Trinajstić information content (AvgIpc) is 3.03. The Bertz CT molecular complexity index is 602. The fraction of sp³-hybridized carbons (Fsp3) is 0.680. The zero-order valence-corrected chi connectivity index (χ0v) is 18.3. The number of urea groups is 1. The van der Waals surface area contributed by atoms with Crippen LogP contribution < -0.4 is 10.6 Å². The van der Waals surface area contributed by atoms with Gasteiger partial charge in [0.25, 0.3) is 5.91 Å². The summed E-state index contributed by atoms with van der Waals surface area (Å²) < 4.78 is 0. The Morgan fingerprint density at radius 3 is 1.62 bits per heavy atom. The lowest BCUT2D eigenvalue weighted by atomic mass is 9.84. The molecule has 0 aromatic heterocycles. The number of hydrogen-bond acceptors (Lipinski definition) is 2. The van der Waals surface area contributed by atoms with Gasteiger partial charge in [0, 0.05) is 0 Å². The van der Waals surface area contributed by atoms with Gasteiger partial charge in [-0.25, -0.2) is 4.79 Å². The van der Waals surface area contributed by atoms with Crippen LogP contribution in [0.2, 0.25) is 0 Å². The number of carbonyl (C=O) groups is 2. The van der Waals surface area contributed by atoms with Crippen LogP contribution in [0.25, 0.3) is 0 Å². The van der Waals surface area contributed by atoms with Gasteiger partial charge in [-0.1, -0.05) is 127 Å². The summed E-state index contributed by atoms with van der Waals surface area (Å²) in [6, 6.07) is 9.23. The van der Waals surface area contributed by atoms with E-state index in [0.29, 0.717) is 6.42 Å². The molecule has 3 amide bonds. The Labute approximate surface area is 177 Å². The summed E-state index contributed by atoms with van der Waals surface area (Å²) in [5.41, 5.74) is -0.0202. The summed E-state index contributed by atoms with van der Waals surface area (Å²) in [5.74, 6) is -0.219. The second-order valence-corrected chi connectivity index (χ2v) is 8.53. The van der Waals surface area contributed by atoms with Crippen molar-refractivity contribution in [3.8, 4) is 0 Å². The van der Waals surface area contributed by atoms with Gasteiger partial charge in [-0.15, -0.1) is 0 Å². The molecule has 0 saturated carbocycles. The molecular formula is C25H40N2O2. The van der Waals surface area contributed by atoms with Gasteiger partial charge in [0.15, 0.2) is 0 Å². The first-order valence-corrected chi connectivity index (χ1v) is 11.9. The van der Waals surface area contributed by atoms with Crippen LogP contribution in [0.1, 0.15) is 109 Å². The first-order valence-electron chi connectivity index (χ1n) is 11.9. The van der Waals surface area contributed by atoms with E-state index in [2.05, 4.69) is 17.6 Å². The van der Waals surface area contributed by atoms with Crippen LogP contribution in [0.15, 0.2) is 30.3 Å². The van der Waals surface area contributed by atoms with Crippen LogP contribution in [0.3, 0.4) is 0 Å². The van der Waals surface area contributed by atoms with Crippen LogP contribution in [0.4, 0.5) is 4.79 Å². The molecule has 1 aliphatic heterocycles. The van der Waals surface area contributed by atoms with E-state index >= 15 is 0 Å². The highest BCUT2D eigenvalue weighted by atomic mass is 16.2. The first kappa shape index (κ1) is 23.4.